The smallest absolute Gasteiger partial charge is 0.244 e. The minimum absolute atomic E-state index is 0.177. The van der Waals surface area contributed by atoms with Gasteiger partial charge in [0.05, 0.1) is 12.2 Å². The van der Waals surface area contributed by atoms with Crippen molar-refractivity contribution < 1.29 is 4.79 Å². The highest BCUT2D eigenvalue weighted by molar-refractivity contribution is 5.88. The molecule has 1 aliphatic heterocycles. The summed E-state index contributed by atoms with van der Waals surface area (Å²) in [5, 5.41) is 3.45. The third-order valence-electron chi connectivity index (χ3n) is 4.34. The first-order chi connectivity index (χ1) is 8.22. The molecule has 0 aromatic heterocycles. The molecule has 0 aromatic carbocycles. The number of likely N-dealkylation sites (N-methyl/N-ethyl adjacent to an activating group) is 1. The number of amides is 1. The van der Waals surface area contributed by atoms with Gasteiger partial charge >= 0.3 is 0 Å². The zero-order chi connectivity index (χ0) is 12.3. The molecule has 1 saturated carbocycles. The normalized spacial score (nSPS) is 23.2. The Labute approximate surface area is 104 Å². The third kappa shape index (κ3) is 2.47. The molecule has 1 amide bonds. The Balaban J connectivity index is 1.85. The fraction of sp³-hybridized carbons (Fsp3) is 0.923. The van der Waals surface area contributed by atoms with Crippen LogP contribution in [0.2, 0.25) is 0 Å². The summed E-state index contributed by atoms with van der Waals surface area (Å²) in [5.74, 6) is 0.349. The lowest BCUT2D eigenvalue weighted by molar-refractivity contribution is -0.132. The molecule has 2 rings (SSSR count). The fourth-order valence-electron chi connectivity index (χ4n) is 3.05. The highest BCUT2D eigenvalue weighted by atomic mass is 16.2. The predicted molar refractivity (Wildman–Crippen MR) is 68.7 cm³/mol. The van der Waals surface area contributed by atoms with Crippen molar-refractivity contribution >= 4 is 5.91 Å². The van der Waals surface area contributed by atoms with E-state index in [1.165, 1.54) is 12.8 Å². The van der Waals surface area contributed by atoms with Crippen LogP contribution < -0.4 is 5.32 Å². The zero-order valence-corrected chi connectivity index (χ0v) is 11.2. The van der Waals surface area contributed by atoms with E-state index in [0.717, 1.165) is 45.7 Å². The van der Waals surface area contributed by atoms with Crippen molar-refractivity contribution in [3.05, 3.63) is 0 Å². The SMILES string of the molecule is CCN(CC)CCN1CNC2(CCCC2)C1=O. The zero-order valence-electron chi connectivity index (χ0n) is 11.2. The Hall–Kier alpha value is -0.610. The van der Waals surface area contributed by atoms with Gasteiger partial charge in [0.1, 0.15) is 0 Å². The van der Waals surface area contributed by atoms with E-state index in [1.807, 2.05) is 4.90 Å². The van der Waals surface area contributed by atoms with Crippen molar-refractivity contribution in [3.63, 3.8) is 0 Å². The maximum atomic E-state index is 12.4. The van der Waals surface area contributed by atoms with Gasteiger partial charge in [0.25, 0.3) is 0 Å². The molecule has 4 heteroatoms. The van der Waals surface area contributed by atoms with Crippen molar-refractivity contribution in [2.45, 2.75) is 45.1 Å². The minimum atomic E-state index is -0.177. The summed E-state index contributed by atoms with van der Waals surface area (Å²) in [7, 11) is 0. The Morgan fingerprint density at radius 3 is 2.53 bits per heavy atom. The quantitative estimate of drug-likeness (QED) is 0.778. The molecule has 0 atom stereocenters. The van der Waals surface area contributed by atoms with Gasteiger partial charge in [-0.05, 0) is 25.9 Å². The van der Waals surface area contributed by atoms with Gasteiger partial charge in [0.2, 0.25) is 5.91 Å². The van der Waals surface area contributed by atoms with Crippen LogP contribution in [0.25, 0.3) is 0 Å². The Morgan fingerprint density at radius 2 is 1.94 bits per heavy atom. The molecule has 98 valence electrons. The average molecular weight is 239 g/mol. The molecule has 1 spiro atoms. The van der Waals surface area contributed by atoms with Gasteiger partial charge in [-0.15, -0.1) is 0 Å². The van der Waals surface area contributed by atoms with Gasteiger partial charge < -0.3 is 9.80 Å². The van der Waals surface area contributed by atoms with E-state index in [4.69, 9.17) is 0 Å². The maximum Gasteiger partial charge on any atom is 0.244 e. The van der Waals surface area contributed by atoms with E-state index < -0.39 is 0 Å². The van der Waals surface area contributed by atoms with Crippen molar-refractivity contribution in [2.24, 2.45) is 0 Å². The lowest BCUT2D eigenvalue weighted by Gasteiger charge is -2.24. The van der Waals surface area contributed by atoms with Crippen LogP contribution in [0.3, 0.4) is 0 Å². The number of hydrogen-bond donors (Lipinski definition) is 1. The standard InChI is InChI=1S/C13H25N3O/c1-3-15(4-2)9-10-16-11-14-13(12(16)17)7-5-6-8-13/h14H,3-11H2,1-2H3. The summed E-state index contributed by atoms with van der Waals surface area (Å²) in [4.78, 5) is 16.7. The van der Waals surface area contributed by atoms with Crippen LogP contribution >= 0.6 is 0 Å². The highest BCUT2D eigenvalue weighted by Crippen LogP contribution is 2.34. The van der Waals surface area contributed by atoms with Crippen LogP contribution in [-0.4, -0.2) is 54.1 Å². The van der Waals surface area contributed by atoms with Gasteiger partial charge in [-0.2, -0.15) is 0 Å². The van der Waals surface area contributed by atoms with Crippen LogP contribution in [0.15, 0.2) is 0 Å². The Kier molecular flexibility index (Phi) is 4.05. The van der Waals surface area contributed by atoms with Crippen LogP contribution in [0.1, 0.15) is 39.5 Å². The van der Waals surface area contributed by atoms with Crippen molar-refractivity contribution in [3.8, 4) is 0 Å². The summed E-state index contributed by atoms with van der Waals surface area (Å²) in [5.41, 5.74) is -0.177. The molecule has 0 radical (unpaired) electrons. The number of nitrogens with zero attached hydrogens (tertiary/aromatic N) is 2. The Bertz CT molecular complexity index is 270. The van der Waals surface area contributed by atoms with E-state index in [0.29, 0.717) is 5.91 Å². The average Bonchev–Trinajstić information content (AvgIpc) is 2.93. The molecule has 1 saturated heterocycles. The van der Waals surface area contributed by atoms with Crippen molar-refractivity contribution in [2.75, 3.05) is 32.8 Å². The molecule has 0 unspecified atom stereocenters. The lowest BCUT2D eigenvalue weighted by atomic mass is 9.98. The van der Waals surface area contributed by atoms with Crippen molar-refractivity contribution in [1.82, 2.24) is 15.1 Å². The van der Waals surface area contributed by atoms with Crippen LogP contribution in [0, 0.1) is 0 Å². The topological polar surface area (TPSA) is 35.6 Å². The second-order valence-corrected chi connectivity index (χ2v) is 5.22. The summed E-state index contributed by atoms with van der Waals surface area (Å²) in [6.45, 7) is 9.10. The molecule has 2 aliphatic rings. The Morgan fingerprint density at radius 1 is 1.29 bits per heavy atom. The van der Waals surface area contributed by atoms with E-state index in [9.17, 15) is 4.79 Å². The second-order valence-electron chi connectivity index (χ2n) is 5.22. The monoisotopic (exact) mass is 239 g/mol. The van der Waals surface area contributed by atoms with Gasteiger partial charge in [-0.1, -0.05) is 26.7 Å². The highest BCUT2D eigenvalue weighted by Gasteiger charge is 2.47. The van der Waals surface area contributed by atoms with Crippen LogP contribution in [-0.2, 0) is 4.79 Å². The lowest BCUT2D eigenvalue weighted by Crippen LogP contribution is -2.44. The van der Waals surface area contributed by atoms with Gasteiger partial charge in [0, 0.05) is 13.1 Å². The van der Waals surface area contributed by atoms with Gasteiger partial charge in [-0.3, -0.25) is 10.1 Å². The minimum Gasteiger partial charge on any atom is -0.327 e. The van der Waals surface area contributed by atoms with E-state index >= 15 is 0 Å². The fourth-order valence-corrected chi connectivity index (χ4v) is 3.05. The molecule has 1 aliphatic carbocycles. The van der Waals surface area contributed by atoms with E-state index in [-0.39, 0.29) is 5.54 Å². The van der Waals surface area contributed by atoms with E-state index in [2.05, 4.69) is 24.1 Å². The first-order valence-corrected chi connectivity index (χ1v) is 6.98. The predicted octanol–water partition coefficient (Wildman–Crippen LogP) is 1.03. The molecular weight excluding hydrogens is 214 g/mol. The third-order valence-corrected chi connectivity index (χ3v) is 4.34. The molecule has 1 heterocycles. The molecule has 0 bridgehead atoms. The van der Waals surface area contributed by atoms with Crippen LogP contribution in [0.5, 0.6) is 0 Å². The largest absolute Gasteiger partial charge is 0.327 e. The number of hydrogen-bond acceptors (Lipinski definition) is 3. The molecule has 0 aromatic rings. The summed E-state index contributed by atoms with van der Waals surface area (Å²) < 4.78 is 0. The van der Waals surface area contributed by atoms with Gasteiger partial charge in [0.15, 0.2) is 0 Å². The molecule has 1 N–H and O–H groups in total. The first-order valence-electron chi connectivity index (χ1n) is 6.98. The van der Waals surface area contributed by atoms with Crippen LogP contribution in [0.4, 0.5) is 0 Å². The summed E-state index contributed by atoms with van der Waals surface area (Å²) in [6.07, 6.45) is 4.46. The molecule has 17 heavy (non-hydrogen) atoms. The second kappa shape index (κ2) is 5.36. The van der Waals surface area contributed by atoms with Gasteiger partial charge in [-0.25, -0.2) is 0 Å². The van der Waals surface area contributed by atoms with E-state index in [1.54, 1.807) is 0 Å². The molecule has 4 nitrogen and oxygen atoms in total. The summed E-state index contributed by atoms with van der Waals surface area (Å²) in [6, 6.07) is 0. The number of nitrogens with one attached hydrogen (secondary N) is 1. The maximum absolute atomic E-state index is 12.4. The summed E-state index contributed by atoms with van der Waals surface area (Å²) >= 11 is 0. The first kappa shape index (κ1) is 12.8. The number of carbonyl (C=O) groups is 1. The number of rotatable bonds is 5. The van der Waals surface area contributed by atoms with Crippen molar-refractivity contribution in [1.29, 1.82) is 0 Å². The number of carbonyl (C=O) groups excluding carboxylic acids is 1. The molecule has 2 fully saturated rings. The molecular formula is C13H25N3O.